The molecule has 2 aromatic rings. The van der Waals surface area contributed by atoms with Crippen LogP contribution in [0.25, 0.3) is 10.8 Å². The molecule has 5 heteroatoms. The van der Waals surface area contributed by atoms with Crippen LogP contribution in [0.15, 0.2) is 42.5 Å². The molecule has 0 radical (unpaired) electrons. The van der Waals surface area contributed by atoms with E-state index in [1.54, 1.807) is 0 Å². The Labute approximate surface area is 149 Å². The lowest BCUT2D eigenvalue weighted by Crippen LogP contribution is -3.14. The normalized spacial score (nSPS) is 12.6. The van der Waals surface area contributed by atoms with Crippen LogP contribution in [0.5, 0.6) is 0 Å². The number of carbonyl (C=O) groups excluding carboxylic acids is 2. The SMILES string of the molecule is CC[NH+](CC(=O)Nc1ccc2ccccc2c1)CC(=O)NC(C)(C)C. The number of hydrogen-bond donors (Lipinski definition) is 3. The number of anilines is 1. The molecule has 25 heavy (non-hydrogen) atoms. The summed E-state index contributed by atoms with van der Waals surface area (Å²) in [7, 11) is 0. The molecule has 1 atom stereocenters. The van der Waals surface area contributed by atoms with Crippen molar-refractivity contribution in [2.75, 3.05) is 25.0 Å². The summed E-state index contributed by atoms with van der Waals surface area (Å²) in [6.07, 6.45) is 0. The molecule has 0 heterocycles. The van der Waals surface area contributed by atoms with E-state index in [1.165, 1.54) is 0 Å². The topological polar surface area (TPSA) is 62.6 Å². The van der Waals surface area contributed by atoms with Crippen LogP contribution in [0.4, 0.5) is 5.69 Å². The van der Waals surface area contributed by atoms with E-state index >= 15 is 0 Å². The smallest absolute Gasteiger partial charge is 0.279 e. The van der Waals surface area contributed by atoms with Gasteiger partial charge in [-0.2, -0.15) is 0 Å². The van der Waals surface area contributed by atoms with Crippen LogP contribution in [0.3, 0.4) is 0 Å². The van der Waals surface area contributed by atoms with Crippen LogP contribution < -0.4 is 15.5 Å². The van der Waals surface area contributed by atoms with Gasteiger partial charge in [-0.1, -0.05) is 30.3 Å². The van der Waals surface area contributed by atoms with Crippen molar-refractivity contribution in [3.8, 4) is 0 Å². The Morgan fingerprint density at radius 2 is 1.60 bits per heavy atom. The summed E-state index contributed by atoms with van der Waals surface area (Å²) in [5, 5.41) is 8.09. The summed E-state index contributed by atoms with van der Waals surface area (Å²) in [5.74, 6) is -0.126. The van der Waals surface area contributed by atoms with Crippen LogP contribution in [0.2, 0.25) is 0 Å². The molecule has 0 aliphatic rings. The number of rotatable bonds is 6. The standard InChI is InChI=1S/C20H27N3O2/c1-5-23(14-19(25)22-20(2,3)4)13-18(24)21-17-11-10-15-8-6-7-9-16(15)12-17/h6-12H,5,13-14H2,1-4H3,(H,21,24)(H,22,25)/p+1. The monoisotopic (exact) mass is 342 g/mol. The van der Waals surface area contributed by atoms with Gasteiger partial charge < -0.3 is 15.5 Å². The fourth-order valence-electron chi connectivity index (χ4n) is 2.70. The second-order valence-electron chi connectivity index (χ2n) is 7.37. The van der Waals surface area contributed by atoms with Gasteiger partial charge in [0.25, 0.3) is 11.8 Å². The van der Waals surface area contributed by atoms with Crippen molar-refractivity contribution in [1.82, 2.24) is 5.32 Å². The maximum atomic E-state index is 12.3. The molecular formula is C20H28N3O2+. The van der Waals surface area contributed by atoms with Gasteiger partial charge in [0.15, 0.2) is 13.1 Å². The largest absolute Gasteiger partial charge is 0.347 e. The van der Waals surface area contributed by atoms with Crippen molar-refractivity contribution in [3.63, 3.8) is 0 Å². The Morgan fingerprint density at radius 1 is 0.960 bits per heavy atom. The van der Waals surface area contributed by atoms with Gasteiger partial charge in [-0.3, -0.25) is 9.59 Å². The minimum atomic E-state index is -0.261. The van der Waals surface area contributed by atoms with E-state index in [0.717, 1.165) is 21.4 Å². The van der Waals surface area contributed by atoms with Crippen molar-refractivity contribution in [1.29, 1.82) is 0 Å². The number of likely N-dealkylation sites (N-methyl/N-ethyl adjacent to an activating group) is 1. The Balaban J connectivity index is 1.93. The van der Waals surface area contributed by atoms with E-state index in [1.807, 2.05) is 70.2 Å². The lowest BCUT2D eigenvalue weighted by Gasteiger charge is -2.23. The highest BCUT2D eigenvalue weighted by atomic mass is 16.2. The minimum Gasteiger partial charge on any atom is -0.347 e. The van der Waals surface area contributed by atoms with Crippen LogP contribution in [-0.2, 0) is 9.59 Å². The summed E-state index contributed by atoms with van der Waals surface area (Å²) < 4.78 is 0. The molecule has 3 N–H and O–H groups in total. The zero-order valence-electron chi connectivity index (χ0n) is 15.5. The molecule has 2 amide bonds. The van der Waals surface area contributed by atoms with Gasteiger partial charge in [0.1, 0.15) is 0 Å². The number of amides is 2. The summed E-state index contributed by atoms with van der Waals surface area (Å²) in [6, 6.07) is 13.9. The third-order valence-electron chi connectivity index (χ3n) is 3.87. The second-order valence-corrected chi connectivity index (χ2v) is 7.37. The lowest BCUT2D eigenvalue weighted by molar-refractivity contribution is -0.881. The summed E-state index contributed by atoms with van der Waals surface area (Å²) in [6.45, 7) is 9.08. The van der Waals surface area contributed by atoms with Crippen molar-refractivity contribution in [3.05, 3.63) is 42.5 Å². The summed E-state index contributed by atoms with van der Waals surface area (Å²) in [4.78, 5) is 25.3. The van der Waals surface area contributed by atoms with E-state index < -0.39 is 0 Å². The predicted octanol–water partition coefficient (Wildman–Crippen LogP) is 1.60. The van der Waals surface area contributed by atoms with Crippen LogP contribution in [0.1, 0.15) is 27.7 Å². The molecule has 2 aromatic carbocycles. The summed E-state index contributed by atoms with van der Waals surface area (Å²) in [5.41, 5.74) is 0.516. The van der Waals surface area contributed by atoms with E-state index in [2.05, 4.69) is 10.6 Å². The molecule has 0 saturated heterocycles. The zero-order valence-corrected chi connectivity index (χ0v) is 15.5. The minimum absolute atomic E-state index is 0.0390. The molecule has 0 bridgehead atoms. The molecule has 5 nitrogen and oxygen atoms in total. The lowest BCUT2D eigenvalue weighted by atomic mass is 10.1. The molecule has 0 saturated carbocycles. The van der Waals surface area contributed by atoms with Crippen LogP contribution in [-0.4, -0.2) is 37.0 Å². The molecule has 0 aliphatic carbocycles. The molecule has 2 rings (SSSR count). The maximum absolute atomic E-state index is 12.3. The molecule has 0 aliphatic heterocycles. The van der Waals surface area contributed by atoms with Gasteiger partial charge in [-0.05, 0) is 50.6 Å². The average molecular weight is 342 g/mol. The van der Waals surface area contributed by atoms with Gasteiger partial charge >= 0.3 is 0 Å². The first-order chi connectivity index (χ1) is 11.8. The Morgan fingerprint density at radius 3 is 2.24 bits per heavy atom. The molecule has 0 fully saturated rings. The second kappa shape index (κ2) is 8.12. The van der Waals surface area contributed by atoms with Crippen molar-refractivity contribution in [2.24, 2.45) is 0 Å². The van der Waals surface area contributed by atoms with Gasteiger partial charge in [-0.25, -0.2) is 0 Å². The Kier molecular flexibility index (Phi) is 6.15. The number of hydrogen-bond acceptors (Lipinski definition) is 2. The average Bonchev–Trinajstić information content (AvgIpc) is 2.52. The van der Waals surface area contributed by atoms with Crippen molar-refractivity contribution >= 4 is 28.3 Å². The van der Waals surface area contributed by atoms with E-state index in [-0.39, 0.29) is 23.9 Å². The number of nitrogens with one attached hydrogen (secondary N) is 3. The van der Waals surface area contributed by atoms with Gasteiger partial charge in [-0.15, -0.1) is 0 Å². The number of carbonyl (C=O) groups is 2. The maximum Gasteiger partial charge on any atom is 0.279 e. The molecule has 0 spiro atoms. The third kappa shape index (κ3) is 6.19. The van der Waals surface area contributed by atoms with Gasteiger partial charge in [0.05, 0.1) is 6.54 Å². The highest BCUT2D eigenvalue weighted by Gasteiger charge is 2.20. The fourth-order valence-corrected chi connectivity index (χ4v) is 2.70. The number of benzene rings is 2. The Hall–Kier alpha value is -2.40. The first-order valence-corrected chi connectivity index (χ1v) is 8.70. The van der Waals surface area contributed by atoms with E-state index in [0.29, 0.717) is 13.1 Å². The van der Waals surface area contributed by atoms with E-state index in [4.69, 9.17) is 0 Å². The van der Waals surface area contributed by atoms with Crippen LogP contribution >= 0.6 is 0 Å². The van der Waals surface area contributed by atoms with Gasteiger partial charge in [0, 0.05) is 11.2 Å². The predicted molar refractivity (Wildman–Crippen MR) is 102 cm³/mol. The molecule has 134 valence electrons. The fraction of sp³-hybridized carbons (Fsp3) is 0.400. The number of fused-ring (bicyclic) bond motifs is 1. The first-order valence-electron chi connectivity index (χ1n) is 8.70. The molecular weight excluding hydrogens is 314 g/mol. The van der Waals surface area contributed by atoms with Crippen LogP contribution in [0, 0.1) is 0 Å². The first kappa shape index (κ1) is 18.9. The zero-order chi connectivity index (χ0) is 18.4. The van der Waals surface area contributed by atoms with Gasteiger partial charge in [0.2, 0.25) is 0 Å². The van der Waals surface area contributed by atoms with Crippen molar-refractivity contribution < 1.29 is 14.5 Å². The molecule has 0 aromatic heterocycles. The number of quaternary nitrogens is 1. The van der Waals surface area contributed by atoms with E-state index in [9.17, 15) is 9.59 Å². The van der Waals surface area contributed by atoms with Crippen molar-refractivity contribution in [2.45, 2.75) is 33.2 Å². The quantitative estimate of drug-likeness (QED) is 0.747. The highest BCUT2D eigenvalue weighted by Crippen LogP contribution is 2.18. The third-order valence-corrected chi connectivity index (χ3v) is 3.87. The Bertz CT molecular complexity index is 750. The highest BCUT2D eigenvalue weighted by molar-refractivity contribution is 5.95. The molecule has 1 unspecified atom stereocenters. The summed E-state index contributed by atoms with van der Waals surface area (Å²) >= 11 is 0.